The molecule has 2 aromatic rings. The van der Waals surface area contributed by atoms with E-state index in [0.717, 1.165) is 23.4 Å². The van der Waals surface area contributed by atoms with Crippen molar-refractivity contribution in [3.05, 3.63) is 46.8 Å². The molecule has 140 valence electrons. The monoisotopic (exact) mass is 356 g/mol. The van der Waals surface area contributed by atoms with Crippen LogP contribution in [-0.4, -0.2) is 41.0 Å². The van der Waals surface area contributed by atoms with Crippen LogP contribution in [0, 0.1) is 13.8 Å². The third kappa shape index (κ3) is 4.94. The third-order valence-electron chi connectivity index (χ3n) is 4.37. The lowest BCUT2D eigenvalue weighted by Crippen LogP contribution is -2.30. The average molecular weight is 356 g/mol. The molecule has 0 radical (unpaired) electrons. The molecule has 2 rings (SSSR count). The molecule has 0 unspecified atom stereocenters. The topological polar surface area (TPSA) is 81.3 Å². The summed E-state index contributed by atoms with van der Waals surface area (Å²) in [6.45, 7) is 9.24. The van der Waals surface area contributed by atoms with Gasteiger partial charge in [0.15, 0.2) is 0 Å². The van der Waals surface area contributed by atoms with Crippen LogP contribution in [0.2, 0.25) is 0 Å². The molecule has 0 spiro atoms. The molecule has 0 aliphatic carbocycles. The highest BCUT2D eigenvalue weighted by Gasteiger charge is 2.16. The first-order valence-electron chi connectivity index (χ1n) is 8.88. The summed E-state index contributed by atoms with van der Waals surface area (Å²) >= 11 is 0. The van der Waals surface area contributed by atoms with Crippen molar-refractivity contribution >= 4 is 11.9 Å². The van der Waals surface area contributed by atoms with Gasteiger partial charge in [-0.15, -0.1) is 0 Å². The highest BCUT2D eigenvalue weighted by atomic mass is 16.5. The molecule has 0 aliphatic heterocycles. The number of hydrogen-bond acceptors (Lipinski definition) is 5. The van der Waals surface area contributed by atoms with Crippen LogP contribution in [0.3, 0.4) is 0 Å². The lowest BCUT2D eigenvalue weighted by atomic mass is 10.1. The van der Waals surface area contributed by atoms with Crippen LogP contribution in [0.1, 0.15) is 53.5 Å². The zero-order valence-corrected chi connectivity index (χ0v) is 16.2. The predicted octanol–water partition coefficient (Wildman–Crippen LogP) is 3.34. The SMILES string of the molecule is Cc1cccc(OCCCN(C)C(=O)c2cc(C(C)C)nc(N)n2)c1C. The number of aromatic nitrogens is 2. The maximum Gasteiger partial charge on any atom is 0.272 e. The Morgan fingerprint density at radius 3 is 2.69 bits per heavy atom. The predicted molar refractivity (Wildman–Crippen MR) is 104 cm³/mol. The molecule has 6 nitrogen and oxygen atoms in total. The van der Waals surface area contributed by atoms with E-state index >= 15 is 0 Å². The van der Waals surface area contributed by atoms with Crippen molar-refractivity contribution in [2.45, 2.75) is 40.0 Å². The number of rotatable bonds is 7. The Kier molecular flexibility index (Phi) is 6.55. The van der Waals surface area contributed by atoms with Gasteiger partial charge in [-0.25, -0.2) is 9.97 Å². The van der Waals surface area contributed by atoms with Crippen LogP contribution in [0.15, 0.2) is 24.3 Å². The van der Waals surface area contributed by atoms with E-state index in [1.807, 2.05) is 32.9 Å². The highest BCUT2D eigenvalue weighted by Crippen LogP contribution is 2.20. The maximum absolute atomic E-state index is 12.6. The Morgan fingerprint density at radius 1 is 1.27 bits per heavy atom. The first-order valence-corrected chi connectivity index (χ1v) is 8.88. The van der Waals surface area contributed by atoms with E-state index in [2.05, 4.69) is 23.0 Å². The summed E-state index contributed by atoms with van der Waals surface area (Å²) in [5.74, 6) is 1.05. The summed E-state index contributed by atoms with van der Waals surface area (Å²) in [5, 5.41) is 0. The summed E-state index contributed by atoms with van der Waals surface area (Å²) in [5.41, 5.74) is 9.19. The minimum Gasteiger partial charge on any atom is -0.493 e. The molecule has 0 atom stereocenters. The zero-order valence-electron chi connectivity index (χ0n) is 16.2. The van der Waals surface area contributed by atoms with Crippen molar-refractivity contribution in [3.8, 4) is 5.75 Å². The number of nitrogen functional groups attached to an aromatic ring is 1. The second-order valence-electron chi connectivity index (χ2n) is 6.82. The van der Waals surface area contributed by atoms with Crippen LogP contribution in [-0.2, 0) is 0 Å². The minimum absolute atomic E-state index is 0.131. The number of amides is 1. The van der Waals surface area contributed by atoms with Gasteiger partial charge in [0.1, 0.15) is 11.4 Å². The maximum atomic E-state index is 12.6. The molecule has 0 aliphatic rings. The number of hydrogen-bond donors (Lipinski definition) is 1. The molecule has 0 saturated carbocycles. The van der Waals surface area contributed by atoms with E-state index < -0.39 is 0 Å². The number of anilines is 1. The van der Waals surface area contributed by atoms with Crippen molar-refractivity contribution < 1.29 is 9.53 Å². The number of ether oxygens (including phenoxy) is 1. The number of nitrogens with zero attached hydrogens (tertiary/aromatic N) is 3. The molecule has 1 amide bonds. The van der Waals surface area contributed by atoms with Gasteiger partial charge in [-0.05, 0) is 49.4 Å². The quantitative estimate of drug-likeness (QED) is 0.770. The van der Waals surface area contributed by atoms with Gasteiger partial charge in [0, 0.05) is 19.3 Å². The second kappa shape index (κ2) is 8.65. The Bertz CT molecular complexity index is 774. The van der Waals surface area contributed by atoms with Gasteiger partial charge in [-0.3, -0.25) is 4.79 Å². The highest BCUT2D eigenvalue weighted by molar-refractivity contribution is 5.92. The molecular weight excluding hydrogens is 328 g/mol. The summed E-state index contributed by atoms with van der Waals surface area (Å²) < 4.78 is 5.84. The van der Waals surface area contributed by atoms with E-state index in [4.69, 9.17) is 10.5 Å². The smallest absolute Gasteiger partial charge is 0.272 e. The van der Waals surface area contributed by atoms with E-state index in [-0.39, 0.29) is 17.8 Å². The molecule has 0 saturated heterocycles. The first kappa shape index (κ1) is 19.7. The number of benzene rings is 1. The Morgan fingerprint density at radius 2 is 2.00 bits per heavy atom. The van der Waals surface area contributed by atoms with Crippen LogP contribution in [0.5, 0.6) is 5.75 Å². The van der Waals surface area contributed by atoms with Gasteiger partial charge >= 0.3 is 0 Å². The largest absolute Gasteiger partial charge is 0.493 e. The normalized spacial score (nSPS) is 10.8. The van der Waals surface area contributed by atoms with Gasteiger partial charge in [0.05, 0.1) is 6.61 Å². The fraction of sp³-hybridized carbons (Fsp3) is 0.450. The Balaban J connectivity index is 1.90. The lowest BCUT2D eigenvalue weighted by molar-refractivity contribution is 0.0782. The van der Waals surface area contributed by atoms with Gasteiger partial charge < -0.3 is 15.4 Å². The number of carbonyl (C=O) groups is 1. The van der Waals surface area contributed by atoms with Gasteiger partial charge in [0.2, 0.25) is 5.95 Å². The number of nitrogens with two attached hydrogens (primary N) is 1. The van der Waals surface area contributed by atoms with Crippen molar-refractivity contribution in [2.24, 2.45) is 0 Å². The molecule has 26 heavy (non-hydrogen) atoms. The van der Waals surface area contributed by atoms with Crippen LogP contribution < -0.4 is 10.5 Å². The number of carbonyl (C=O) groups excluding carboxylic acids is 1. The van der Waals surface area contributed by atoms with Crippen molar-refractivity contribution in [1.29, 1.82) is 0 Å². The molecule has 2 N–H and O–H groups in total. The minimum atomic E-state index is -0.160. The molecule has 1 aromatic heterocycles. The zero-order chi connectivity index (χ0) is 19.3. The Labute approximate surface area is 155 Å². The van der Waals surface area contributed by atoms with Gasteiger partial charge in [-0.2, -0.15) is 0 Å². The van der Waals surface area contributed by atoms with E-state index in [1.54, 1.807) is 18.0 Å². The standard InChI is InChI=1S/C20H28N4O2/c1-13(2)16-12-17(23-20(21)22-16)19(25)24(5)10-7-11-26-18-9-6-8-14(3)15(18)4/h6,8-9,12-13H,7,10-11H2,1-5H3,(H2,21,22,23). The fourth-order valence-corrected chi connectivity index (χ4v) is 2.55. The summed E-state index contributed by atoms with van der Waals surface area (Å²) in [4.78, 5) is 22.5. The lowest BCUT2D eigenvalue weighted by Gasteiger charge is -2.18. The molecule has 1 aromatic carbocycles. The molecular formula is C20H28N4O2. The van der Waals surface area contributed by atoms with Crippen LogP contribution in [0.4, 0.5) is 5.95 Å². The van der Waals surface area contributed by atoms with Crippen LogP contribution >= 0.6 is 0 Å². The van der Waals surface area contributed by atoms with Gasteiger partial charge in [0.25, 0.3) is 5.91 Å². The fourth-order valence-electron chi connectivity index (χ4n) is 2.55. The van der Waals surface area contributed by atoms with E-state index in [1.165, 1.54) is 5.56 Å². The molecule has 1 heterocycles. The average Bonchev–Trinajstić information content (AvgIpc) is 2.60. The van der Waals surface area contributed by atoms with Crippen molar-refractivity contribution in [3.63, 3.8) is 0 Å². The molecule has 0 fully saturated rings. The van der Waals surface area contributed by atoms with Crippen molar-refractivity contribution in [1.82, 2.24) is 14.9 Å². The van der Waals surface area contributed by atoms with Crippen LogP contribution in [0.25, 0.3) is 0 Å². The first-order chi connectivity index (χ1) is 12.3. The molecule has 0 bridgehead atoms. The summed E-state index contributed by atoms with van der Waals surface area (Å²) in [6.07, 6.45) is 0.729. The Hall–Kier alpha value is -2.63. The second-order valence-corrected chi connectivity index (χ2v) is 6.82. The summed E-state index contributed by atoms with van der Waals surface area (Å²) in [7, 11) is 1.76. The summed E-state index contributed by atoms with van der Waals surface area (Å²) in [6, 6.07) is 7.73. The van der Waals surface area contributed by atoms with Gasteiger partial charge in [-0.1, -0.05) is 26.0 Å². The molecule has 6 heteroatoms. The third-order valence-corrected chi connectivity index (χ3v) is 4.37. The van der Waals surface area contributed by atoms with E-state index in [0.29, 0.717) is 18.8 Å². The van der Waals surface area contributed by atoms with E-state index in [9.17, 15) is 4.79 Å². The number of aryl methyl sites for hydroxylation is 1. The van der Waals surface area contributed by atoms with Crippen molar-refractivity contribution in [2.75, 3.05) is 25.9 Å².